The summed E-state index contributed by atoms with van der Waals surface area (Å²) < 4.78 is 25.4. The fourth-order valence-electron chi connectivity index (χ4n) is 2.83. The third-order valence-corrected chi connectivity index (χ3v) is 6.79. The molecule has 27 heavy (non-hydrogen) atoms. The van der Waals surface area contributed by atoms with Gasteiger partial charge >= 0.3 is 0 Å². The molecule has 1 atom stereocenters. The minimum atomic E-state index is -3.09. The molecule has 1 fully saturated rings. The Labute approximate surface area is 168 Å². The van der Waals surface area contributed by atoms with Crippen LogP contribution >= 0.6 is 23.2 Å². The molecule has 0 saturated carbocycles. The predicted molar refractivity (Wildman–Crippen MR) is 105 cm³/mol. The Bertz CT molecular complexity index is 996. The average molecular weight is 431 g/mol. The van der Waals surface area contributed by atoms with Crippen LogP contribution in [0, 0.1) is 0 Å². The van der Waals surface area contributed by atoms with Crippen LogP contribution in [-0.4, -0.2) is 40.6 Å². The Morgan fingerprint density at radius 2 is 2.00 bits per heavy atom. The molecule has 7 nitrogen and oxygen atoms in total. The summed E-state index contributed by atoms with van der Waals surface area (Å²) >= 11 is 11.7. The maximum Gasteiger partial charge on any atom is 0.258 e. The van der Waals surface area contributed by atoms with Crippen LogP contribution in [0.25, 0.3) is 0 Å². The van der Waals surface area contributed by atoms with Crippen molar-refractivity contribution in [1.82, 2.24) is 14.8 Å². The molecular formula is C17H20Cl2N4O3S. The number of halogens is 2. The van der Waals surface area contributed by atoms with Gasteiger partial charge in [0.25, 0.3) is 5.91 Å². The lowest BCUT2D eigenvalue weighted by atomic mass is 9.92. The van der Waals surface area contributed by atoms with Gasteiger partial charge in [0.1, 0.15) is 11.0 Å². The number of amides is 1. The molecule has 3 heterocycles. The molecule has 1 aliphatic heterocycles. The van der Waals surface area contributed by atoms with Crippen molar-refractivity contribution in [1.29, 1.82) is 0 Å². The second-order valence-corrected chi connectivity index (χ2v) is 10.6. The van der Waals surface area contributed by atoms with E-state index in [1.807, 2.05) is 20.8 Å². The molecule has 0 aromatic carbocycles. The summed E-state index contributed by atoms with van der Waals surface area (Å²) in [6, 6.07) is 2.89. The van der Waals surface area contributed by atoms with Crippen LogP contribution in [0.3, 0.4) is 0 Å². The first-order chi connectivity index (χ1) is 12.5. The average Bonchev–Trinajstić information content (AvgIpc) is 3.12. The van der Waals surface area contributed by atoms with E-state index in [0.717, 1.165) is 5.69 Å². The third-order valence-electron chi connectivity index (χ3n) is 4.36. The number of hydrogen-bond acceptors (Lipinski definition) is 5. The van der Waals surface area contributed by atoms with E-state index < -0.39 is 15.7 Å². The lowest BCUT2D eigenvalue weighted by molar-refractivity contribution is 0.102. The summed E-state index contributed by atoms with van der Waals surface area (Å²) in [6.45, 7) is 6.00. The zero-order chi connectivity index (χ0) is 20.0. The van der Waals surface area contributed by atoms with Crippen LogP contribution in [0.5, 0.6) is 0 Å². The quantitative estimate of drug-likeness (QED) is 0.751. The zero-order valence-electron chi connectivity index (χ0n) is 15.2. The number of aromatic nitrogens is 3. The normalized spacial score (nSPS) is 19.2. The first-order valence-corrected chi connectivity index (χ1v) is 11.0. The van der Waals surface area contributed by atoms with Gasteiger partial charge in [0.05, 0.1) is 33.8 Å². The lowest BCUT2D eigenvalue weighted by Crippen LogP contribution is -2.20. The smallest absolute Gasteiger partial charge is 0.258 e. The molecular weight excluding hydrogens is 411 g/mol. The fourth-order valence-corrected chi connectivity index (χ4v) is 4.80. The van der Waals surface area contributed by atoms with E-state index in [9.17, 15) is 13.2 Å². The zero-order valence-corrected chi connectivity index (χ0v) is 17.5. The van der Waals surface area contributed by atoms with Gasteiger partial charge < -0.3 is 5.32 Å². The number of pyridine rings is 1. The Morgan fingerprint density at radius 3 is 2.56 bits per heavy atom. The topological polar surface area (TPSA) is 94.0 Å². The molecule has 1 saturated heterocycles. The summed E-state index contributed by atoms with van der Waals surface area (Å²) in [6.07, 6.45) is 1.79. The molecule has 2 aromatic rings. The van der Waals surface area contributed by atoms with Gasteiger partial charge in [0.15, 0.2) is 9.84 Å². The van der Waals surface area contributed by atoms with Crippen molar-refractivity contribution in [2.45, 2.75) is 38.6 Å². The van der Waals surface area contributed by atoms with Crippen molar-refractivity contribution in [2.75, 3.05) is 16.8 Å². The maximum absolute atomic E-state index is 12.6. The molecule has 3 rings (SSSR count). The van der Waals surface area contributed by atoms with Gasteiger partial charge in [-0.1, -0.05) is 44.0 Å². The second kappa shape index (κ2) is 7.07. The van der Waals surface area contributed by atoms with Crippen LogP contribution in [-0.2, 0) is 15.3 Å². The van der Waals surface area contributed by atoms with Crippen LogP contribution in [0.4, 0.5) is 5.82 Å². The van der Waals surface area contributed by atoms with Crippen molar-refractivity contribution in [2.24, 2.45) is 0 Å². The number of anilines is 1. The number of nitrogens with one attached hydrogen (secondary N) is 1. The fraction of sp³-hybridized carbons (Fsp3) is 0.471. The molecule has 1 unspecified atom stereocenters. The molecule has 1 N–H and O–H groups in total. The predicted octanol–water partition coefficient (Wildman–Crippen LogP) is 3.49. The van der Waals surface area contributed by atoms with E-state index in [-0.39, 0.29) is 38.7 Å². The van der Waals surface area contributed by atoms with Crippen molar-refractivity contribution in [3.63, 3.8) is 0 Å². The largest absolute Gasteiger partial charge is 0.307 e. The highest BCUT2D eigenvalue weighted by Gasteiger charge is 2.33. The molecule has 1 amide bonds. The number of sulfone groups is 1. The van der Waals surface area contributed by atoms with Gasteiger partial charge in [-0.3, -0.25) is 4.79 Å². The minimum Gasteiger partial charge on any atom is -0.307 e. The van der Waals surface area contributed by atoms with Gasteiger partial charge in [-0.05, 0) is 12.5 Å². The Hall–Kier alpha value is -1.64. The van der Waals surface area contributed by atoms with Crippen molar-refractivity contribution < 1.29 is 13.2 Å². The van der Waals surface area contributed by atoms with Crippen LogP contribution in [0.2, 0.25) is 10.2 Å². The highest BCUT2D eigenvalue weighted by Crippen LogP contribution is 2.31. The number of nitrogens with zero attached hydrogens (tertiary/aromatic N) is 3. The summed E-state index contributed by atoms with van der Waals surface area (Å²) in [7, 11) is -3.09. The lowest BCUT2D eigenvalue weighted by Gasteiger charge is -2.15. The second-order valence-electron chi connectivity index (χ2n) is 7.62. The summed E-state index contributed by atoms with van der Waals surface area (Å²) in [5.41, 5.74) is 0.746. The molecule has 1 aliphatic rings. The van der Waals surface area contributed by atoms with Gasteiger partial charge in [-0.2, -0.15) is 5.10 Å². The molecule has 10 heteroatoms. The molecule has 0 aliphatic carbocycles. The number of carbonyl (C=O) groups excluding carboxylic acids is 1. The summed E-state index contributed by atoms with van der Waals surface area (Å²) in [4.78, 5) is 16.5. The van der Waals surface area contributed by atoms with Crippen molar-refractivity contribution in [3.05, 3.63) is 39.8 Å². The van der Waals surface area contributed by atoms with Gasteiger partial charge in [0.2, 0.25) is 0 Å². The van der Waals surface area contributed by atoms with E-state index in [1.54, 1.807) is 10.7 Å². The summed E-state index contributed by atoms with van der Waals surface area (Å²) in [5.74, 6) is 0.142. The van der Waals surface area contributed by atoms with Crippen LogP contribution in [0.1, 0.15) is 49.3 Å². The first-order valence-electron chi connectivity index (χ1n) is 8.39. The minimum absolute atomic E-state index is 0.00939. The highest BCUT2D eigenvalue weighted by molar-refractivity contribution is 7.91. The van der Waals surface area contributed by atoms with Crippen LogP contribution < -0.4 is 5.32 Å². The highest BCUT2D eigenvalue weighted by atomic mass is 35.5. The number of rotatable bonds is 3. The molecule has 0 spiro atoms. The van der Waals surface area contributed by atoms with E-state index >= 15 is 0 Å². The molecule has 146 valence electrons. The first kappa shape index (κ1) is 20.1. The SMILES string of the molecule is CC(C)(C)c1cc(NC(=O)c2cnc(Cl)c(Cl)c2)n(C2CCS(=O)(=O)C2)n1. The number of carbonyl (C=O) groups is 1. The third kappa shape index (κ3) is 4.44. The van der Waals surface area contributed by atoms with E-state index in [4.69, 9.17) is 23.2 Å². The standard InChI is InChI=1S/C17H20Cl2N4O3S/c1-17(2,3)13-7-14(23(22-13)11-4-5-27(25,26)9-11)21-16(24)10-6-12(18)15(19)20-8-10/h6-8,11H,4-5,9H2,1-3H3,(H,21,24). The molecule has 0 radical (unpaired) electrons. The Kier molecular flexibility index (Phi) is 5.26. The van der Waals surface area contributed by atoms with Gasteiger partial charge in [0, 0.05) is 17.7 Å². The monoisotopic (exact) mass is 430 g/mol. The van der Waals surface area contributed by atoms with E-state index in [1.165, 1.54) is 12.3 Å². The maximum atomic E-state index is 12.6. The summed E-state index contributed by atoms with van der Waals surface area (Å²) in [5, 5.41) is 7.67. The van der Waals surface area contributed by atoms with Crippen molar-refractivity contribution >= 4 is 44.8 Å². The van der Waals surface area contributed by atoms with E-state index in [2.05, 4.69) is 15.4 Å². The number of hydrogen-bond donors (Lipinski definition) is 1. The molecule has 0 bridgehead atoms. The van der Waals surface area contributed by atoms with Crippen LogP contribution in [0.15, 0.2) is 18.3 Å². The van der Waals surface area contributed by atoms with Gasteiger partial charge in [-0.15, -0.1) is 0 Å². The Morgan fingerprint density at radius 1 is 1.30 bits per heavy atom. The van der Waals surface area contributed by atoms with E-state index in [0.29, 0.717) is 12.2 Å². The molecule has 2 aromatic heterocycles. The Balaban J connectivity index is 1.94. The van der Waals surface area contributed by atoms with Crippen molar-refractivity contribution in [3.8, 4) is 0 Å². The van der Waals surface area contributed by atoms with Gasteiger partial charge in [-0.25, -0.2) is 18.1 Å².